The molecule has 0 radical (unpaired) electrons. The molecule has 0 spiro atoms. The minimum Gasteiger partial charge on any atom is -0.465 e. The van der Waals surface area contributed by atoms with E-state index < -0.39 is 11.8 Å². The summed E-state index contributed by atoms with van der Waals surface area (Å²) in [6, 6.07) is 7.03. The van der Waals surface area contributed by atoms with E-state index >= 15 is 0 Å². The molecule has 2 aromatic rings. The van der Waals surface area contributed by atoms with E-state index in [1.807, 2.05) is 0 Å². The number of ether oxygens (including phenoxy) is 1. The average molecular weight is 296 g/mol. The summed E-state index contributed by atoms with van der Waals surface area (Å²) in [5, 5.41) is 0.197. The second kappa shape index (κ2) is 5.88. The van der Waals surface area contributed by atoms with Gasteiger partial charge >= 0.3 is 5.97 Å². The predicted octanol–water partition coefficient (Wildman–Crippen LogP) is 2.48. The zero-order valence-electron chi connectivity index (χ0n) is 10.6. The Labute approximate surface area is 119 Å². The highest BCUT2D eigenvalue weighted by atomic mass is 35.5. The highest BCUT2D eigenvalue weighted by molar-refractivity contribution is 6.31. The molecular formula is C14H11ClFNO3. The van der Waals surface area contributed by atoms with Gasteiger partial charge in [-0.25, -0.2) is 9.18 Å². The molecule has 0 aliphatic carbocycles. The third kappa shape index (κ3) is 2.88. The van der Waals surface area contributed by atoms with Crippen LogP contribution in [-0.2, 0) is 11.3 Å². The molecule has 4 nitrogen and oxygen atoms in total. The Morgan fingerprint density at radius 2 is 2.15 bits per heavy atom. The quantitative estimate of drug-likeness (QED) is 0.817. The SMILES string of the molecule is COC(=O)c1cc(Cl)c(Cn2ccccc2=O)cc1F. The van der Waals surface area contributed by atoms with Gasteiger partial charge in [0.05, 0.1) is 19.2 Å². The average Bonchev–Trinajstić information content (AvgIpc) is 2.44. The summed E-state index contributed by atoms with van der Waals surface area (Å²) in [5.41, 5.74) is -0.0483. The van der Waals surface area contributed by atoms with E-state index in [1.54, 1.807) is 18.3 Å². The van der Waals surface area contributed by atoms with Crippen molar-refractivity contribution in [1.82, 2.24) is 4.57 Å². The maximum Gasteiger partial charge on any atom is 0.340 e. The number of halogens is 2. The largest absolute Gasteiger partial charge is 0.465 e. The Kier molecular flexibility index (Phi) is 4.20. The van der Waals surface area contributed by atoms with Gasteiger partial charge in [-0.15, -0.1) is 0 Å². The highest BCUT2D eigenvalue weighted by Gasteiger charge is 2.15. The number of hydrogen-bond acceptors (Lipinski definition) is 3. The number of hydrogen-bond donors (Lipinski definition) is 0. The second-order valence-electron chi connectivity index (χ2n) is 4.08. The Bertz CT molecular complexity index is 712. The van der Waals surface area contributed by atoms with Crippen LogP contribution in [0.1, 0.15) is 15.9 Å². The van der Waals surface area contributed by atoms with Gasteiger partial charge < -0.3 is 9.30 Å². The molecule has 20 heavy (non-hydrogen) atoms. The van der Waals surface area contributed by atoms with Crippen LogP contribution in [0, 0.1) is 5.82 Å². The second-order valence-corrected chi connectivity index (χ2v) is 4.49. The monoisotopic (exact) mass is 295 g/mol. The third-order valence-electron chi connectivity index (χ3n) is 2.78. The fourth-order valence-corrected chi connectivity index (χ4v) is 1.97. The van der Waals surface area contributed by atoms with E-state index in [1.165, 1.54) is 16.7 Å². The van der Waals surface area contributed by atoms with Crippen molar-refractivity contribution in [3.63, 3.8) is 0 Å². The molecule has 0 aliphatic heterocycles. The van der Waals surface area contributed by atoms with Crippen LogP contribution >= 0.6 is 11.6 Å². The van der Waals surface area contributed by atoms with Crippen molar-refractivity contribution >= 4 is 17.6 Å². The molecule has 0 saturated carbocycles. The van der Waals surface area contributed by atoms with E-state index in [9.17, 15) is 14.0 Å². The smallest absolute Gasteiger partial charge is 0.340 e. The van der Waals surface area contributed by atoms with Gasteiger partial charge in [-0.05, 0) is 23.8 Å². The molecular weight excluding hydrogens is 285 g/mol. The minimum atomic E-state index is -0.798. The van der Waals surface area contributed by atoms with Gasteiger partial charge in [0.1, 0.15) is 5.82 Å². The maximum atomic E-state index is 13.8. The molecule has 2 rings (SSSR count). The van der Waals surface area contributed by atoms with Crippen LogP contribution in [0.25, 0.3) is 0 Å². The van der Waals surface area contributed by atoms with Crippen LogP contribution in [0.2, 0.25) is 5.02 Å². The molecule has 0 bridgehead atoms. The van der Waals surface area contributed by atoms with E-state index in [0.29, 0.717) is 5.56 Å². The number of nitrogens with zero attached hydrogens (tertiary/aromatic N) is 1. The number of benzene rings is 1. The molecule has 1 aromatic carbocycles. The Morgan fingerprint density at radius 3 is 2.80 bits per heavy atom. The molecule has 0 atom stereocenters. The van der Waals surface area contributed by atoms with Crippen LogP contribution < -0.4 is 5.56 Å². The summed E-state index contributed by atoms with van der Waals surface area (Å²) in [6.45, 7) is 0.122. The zero-order valence-corrected chi connectivity index (χ0v) is 11.4. The Balaban J connectivity index is 2.40. The number of methoxy groups -OCH3 is 1. The molecule has 0 saturated heterocycles. The normalized spacial score (nSPS) is 10.3. The van der Waals surface area contributed by atoms with Crippen LogP contribution in [-0.4, -0.2) is 17.6 Å². The molecule has 104 valence electrons. The summed E-state index contributed by atoms with van der Waals surface area (Å²) in [5.74, 6) is -1.53. The first-order valence-corrected chi connectivity index (χ1v) is 6.12. The van der Waals surface area contributed by atoms with Crippen molar-refractivity contribution in [3.05, 3.63) is 68.8 Å². The maximum absolute atomic E-state index is 13.8. The van der Waals surface area contributed by atoms with Crippen molar-refractivity contribution in [3.8, 4) is 0 Å². The van der Waals surface area contributed by atoms with E-state index in [2.05, 4.69) is 4.74 Å². The van der Waals surface area contributed by atoms with Gasteiger partial charge in [-0.1, -0.05) is 17.7 Å². The van der Waals surface area contributed by atoms with Crippen LogP contribution in [0.4, 0.5) is 4.39 Å². The van der Waals surface area contributed by atoms with Gasteiger partial charge in [-0.3, -0.25) is 4.79 Å². The van der Waals surface area contributed by atoms with Gasteiger partial charge in [0.2, 0.25) is 0 Å². The number of aromatic nitrogens is 1. The van der Waals surface area contributed by atoms with Crippen molar-refractivity contribution in [1.29, 1.82) is 0 Å². The number of carbonyl (C=O) groups is 1. The fourth-order valence-electron chi connectivity index (χ4n) is 1.75. The lowest BCUT2D eigenvalue weighted by atomic mass is 10.1. The highest BCUT2D eigenvalue weighted by Crippen LogP contribution is 2.22. The number of rotatable bonds is 3. The first-order valence-electron chi connectivity index (χ1n) is 5.74. The topological polar surface area (TPSA) is 48.3 Å². The first-order chi connectivity index (χ1) is 9.52. The van der Waals surface area contributed by atoms with Gasteiger partial charge in [0.25, 0.3) is 5.56 Å². The lowest BCUT2D eigenvalue weighted by Crippen LogP contribution is -2.18. The zero-order chi connectivity index (χ0) is 14.7. The molecule has 0 amide bonds. The summed E-state index contributed by atoms with van der Waals surface area (Å²) in [6.07, 6.45) is 1.57. The van der Waals surface area contributed by atoms with Crippen molar-refractivity contribution in [2.75, 3.05) is 7.11 Å². The van der Waals surface area contributed by atoms with Gasteiger partial charge in [0, 0.05) is 17.3 Å². The van der Waals surface area contributed by atoms with Crippen LogP contribution in [0.15, 0.2) is 41.3 Å². The third-order valence-corrected chi connectivity index (χ3v) is 3.13. The van der Waals surface area contributed by atoms with E-state index in [-0.39, 0.29) is 22.7 Å². The molecule has 6 heteroatoms. The molecule has 1 aromatic heterocycles. The summed E-state index contributed by atoms with van der Waals surface area (Å²) in [4.78, 5) is 22.9. The lowest BCUT2D eigenvalue weighted by molar-refractivity contribution is 0.0595. The van der Waals surface area contributed by atoms with Crippen LogP contribution in [0.3, 0.4) is 0 Å². The van der Waals surface area contributed by atoms with E-state index in [4.69, 9.17) is 11.6 Å². The predicted molar refractivity (Wildman–Crippen MR) is 72.6 cm³/mol. The number of pyridine rings is 1. The summed E-state index contributed by atoms with van der Waals surface area (Å²) >= 11 is 6.01. The molecule has 0 aliphatic rings. The van der Waals surface area contributed by atoms with Crippen molar-refractivity contribution < 1.29 is 13.9 Å². The van der Waals surface area contributed by atoms with E-state index in [0.717, 1.165) is 13.2 Å². The molecule has 0 fully saturated rings. The number of esters is 1. The van der Waals surface area contributed by atoms with Gasteiger partial charge in [-0.2, -0.15) is 0 Å². The first kappa shape index (κ1) is 14.3. The molecule has 0 N–H and O–H groups in total. The van der Waals surface area contributed by atoms with Crippen molar-refractivity contribution in [2.45, 2.75) is 6.54 Å². The van der Waals surface area contributed by atoms with Crippen molar-refractivity contribution in [2.24, 2.45) is 0 Å². The Morgan fingerprint density at radius 1 is 1.40 bits per heavy atom. The Hall–Kier alpha value is -2.14. The number of carbonyl (C=O) groups excluding carboxylic acids is 1. The minimum absolute atomic E-state index is 0.122. The fraction of sp³-hybridized carbons (Fsp3) is 0.143. The summed E-state index contributed by atoms with van der Waals surface area (Å²) in [7, 11) is 1.16. The standard InChI is InChI=1S/C14H11ClFNO3/c1-20-14(19)10-7-11(15)9(6-12(10)16)8-17-5-3-2-4-13(17)18/h2-7H,8H2,1H3. The molecule has 0 unspecified atom stereocenters. The van der Waals surface area contributed by atoms with Crippen LogP contribution in [0.5, 0.6) is 0 Å². The molecule has 1 heterocycles. The summed E-state index contributed by atoms with van der Waals surface area (Å²) < 4.78 is 19.7. The lowest BCUT2D eigenvalue weighted by Gasteiger charge is -2.09. The van der Waals surface area contributed by atoms with Gasteiger partial charge in [0.15, 0.2) is 0 Å².